The lowest BCUT2D eigenvalue weighted by atomic mass is 10.1. The van der Waals surface area contributed by atoms with Crippen LogP contribution in [0, 0.1) is 0 Å². The number of anilines is 1. The quantitative estimate of drug-likeness (QED) is 0.716. The Morgan fingerprint density at radius 3 is 2.61 bits per heavy atom. The molecule has 1 N–H and O–H groups in total. The van der Waals surface area contributed by atoms with Crippen LogP contribution in [0.2, 0.25) is 0 Å². The Labute approximate surface area is 163 Å². The summed E-state index contributed by atoms with van der Waals surface area (Å²) < 4.78 is 5.37. The van der Waals surface area contributed by atoms with Gasteiger partial charge in [-0.3, -0.25) is 9.59 Å². The van der Waals surface area contributed by atoms with Gasteiger partial charge in [0.2, 0.25) is 5.91 Å². The van der Waals surface area contributed by atoms with Crippen molar-refractivity contribution in [2.24, 2.45) is 0 Å². The highest BCUT2D eigenvalue weighted by Gasteiger charge is 2.21. The number of rotatable bonds is 6. The minimum Gasteiger partial charge on any atom is -0.356 e. The lowest BCUT2D eigenvalue weighted by molar-refractivity contribution is -0.117. The first-order chi connectivity index (χ1) is 13.7. The number of amides is 2. The average molecular weight is 375 g/mol. The largest absolute Gasteiger partial charge is 0.356 e. The molecule has 142 valence electrons. The summed E-state index contributed by atoms with van der Waals surface area (Å²) in [5.41, 5.74) is 3.18. The fourth-order valence-electron chi connectivity index (χ4n) is 3.29. The molecule has 0 unspecified atom stereocenters. The van der Waals surface area contributed by atoms with Crippen LogP contribution < -0.4 is 10.2 Å². The second kappa shape index (κ2) is 8.08. The van der Waals surface area contributed by atoms with Crippen molar-refractivity contribution in [1.29, 1.82) is 0 Å². The van der Waals surface area contributed by atoms with Crippen molar-refractivity contribution in [2.45, 2.75) is 19.3 Å². The number of hydrogen-bond acceptors (Lipinski definition) is 4. The van der Waals surface area contributed by atoms with E-state index in [-0.39, 0.29) is 11.8 Å². The summed E-state index contributed by atoms with van der Waals surface area (Å²) in [5.74, 6) is 0.708. The Kier molecular flexibility index (Phi) is 5.19. The van der Waals surface area contributed by atoms with E-state index in [9.17, 15) is 9.59 Å². The number of aromatic nitrogens is 1. The second-order valence-electron chi connectivity index (χ2n) is 6.75. The molecule has 1 fully saturated rings. The molecule has 1 aliphatic heterocycles. The summed E-state index contributed by atoms with van der Waals surface area (Å²) in [7, 11) is 0. The van der Waals surface area contributed by atoms with Crippen LogP contribution in [0.4, 0.5) is 5.69 Å². The lowest BCUT2D eigenvalue weighted by Gasteiger charge is -2.15. The van der Waals surface area contributed by atoms with E-state index < -0.39 is 0 Å². The van der Waals surface area contributed by atoms with Crippen molar-refractivity contribution in [3.63, 3.8) is 0 Å². The minimum atomic E-state index is -0.147. The summed E-state index contributed by atoms with van der Waals surface area (Å²) in [6, 6.07) is 18.8. The van der Waals surface area contributed by atoms with Gasteiger partial charge in [0.25, 0.3) is 5.91 Å². The maximum absolute atomic E-state index is 12.3. The highest BCUT2D eigenvalue weighted by Crippen LogP contribution is 2.22. The Balaban J connectivity index is 1.30. The molecule has 2 aromatic carbocycles. The summed E-state index contributed by atoms with van der Waals surface area (Å²) in [6.07, 6.45) is 2.06. The van der Waals surface area contributed by atoms with Crippen LogP contribution in [0.1, 0.15) is 28.9 Å². The number of nitrogens with one attached hydrogen (secondary N) is 1. The first kappa shape index (κ1) is 18.0. The van der Waals surface area contributed by atoms with Crippen molar-refractivity contribution in [3.05, 3.63) is 71.9 Å². The van der Waals surface area contributed by atoms with Crippen LogP contribution >= 0.6 is 0 Å². The third kappa shape index (κ3) is 3.96. The molecule has 0 bridgehead atoms. The van der Waals surface area contributed by atoms with Crippen LogP contribution in [0.5, 0.6) is 0 Å². The molecule has 0 saturated carbocycles. The van der Waals surface area contributed by atoms with E-state index in [1.807, 2.05) is 48.5 Å². The van der Waals surface area contributed by atoms with Gasteiger partial charge in [-0.05, 0) is 30.7 Å². The Bertz CT molecular complexity index is 964. The molecule has 2 heterocycles. The van der Waals surface area contributed by atoms with E-state index in [4.69, 9.17) is 4.52 Å². The van der Waals surface area contributed by atoms with Crippen molar-refractivity contribution in [3.8, 4) is 11.3 Å². The molecule has 1 aromatic heterocycles. The third-order valence-corrected chi connectivity index (χ3v) is 4.80. The molecule has 4 rings (SSSR count). The van der Waals surface area contributed by atoms with Gasteiger partial charge in [0.05, 0.1) is 5.69 Å². The molecular weight excluding hydrogens is 354 g/mol. The standard InChI is InChI=1S/C22H21N3O3/c26-21-7-4-14-25(21)19-10-8-17(9-11-19)22(27)23-13-12-18-15-20(28-24-18)16-5-2-1-3-6-16/h1-3,5-6,8-11,15H,4,7,12-14H2,(H,23,27). The van der Waals surface area contributed by atoms with E-state index in [1.165, 1.54) is 0 Å². The monoisotopic (exact) mass is 375 g/mol. The van der Waals surface area contributed by atoms with E-state index in [2.05, 4.69) is 10.5 Å². The number of nitrogens with zero attached hydrogens (tertiary/aromatic N) is 2. The SMILES string of the molecule is O=C(NCCc1cc(-c2ccccc2)on1)c1ccc(N2CCCC2=O)cc1. The molecule has 2 amide bonds. The summed E-state index contributed by atoms with van der Waals surface area (Å²) >= 11 is 0. The van der Waals surface area contributed by atoms with Gasteiger partial charge in [0.15, 0.2) is 5.76 Å². The first-order valence-corrected chi connectivity index (χ1v) is 9.40. The summed E-state index contributed by atoms with van der Waals surface area (Å²) in [6.45, 7) is 1.21. The van der Waals surface area contributed by atoms with Gasteiger partial charge in [-0.1, -0.05) is 35.5 Å². The van der Waals surface area contributed by atoms with Crippen LogP contribution in [-0.2, 0) is 11.2 Å². The third-order valence-electron chi connectivity index (χ3n) is 4.80. The number of hydrogen-bond donors (Lipinski definition) is 1. The molecule has 0 radical (unpaired) electrons. The van der Waals surface area contributed by atoms with Gasteiger partial charge < -0.3 is 14.7 Å². The summed E-state index contributed by atoms with van der Waals surface area (Å²) in [5, 5.41) is 6.95. The topological polar surface area (TPSA) is 75.4 Å². The molecular formula is C22H21N3O3. The fourth-order valence-corrected chi connectivity index (χ4v) is 3.29. The molecule has 1 aliphatic rings. The lowest BCUT2D eigenvalue weighted by Crippen LogP contribution is -2.26. The molecule has 0 aliphatic carbocycles. The van der Waals surface area contributed by atoms with E-state index in [1.54, 1.807) is 17.0 Å². The molecule has 6 heteroatoms. The van der Waals surface area contributed by atoms with Crippen LogP contribution in [-0.4, -0.2) is 30.1 Å². The molecule has 0 atom stereocenters. The smallest absolute Gasteiger partial charge is 0.251 e. The Morgan fingerprint density at radius 1 is 1.11 bits per heavy atom. The highest BCUT2D eigenvalue weighted by atomic mass is 16.5. The molecule has 6 nitrogen and oxygen atoms in total. The van der Waals surface area contributed by atoms with Gasteiger partial charge in [-0.15, -0.1) is 0 Å². The van der Waals surface area contributed by atoms with Crippen LogP contribution in [0.3, 0.4) is 0 Å². The van der Waals surface area contributed by atoms with Crippen LogP contribution in [0.15, 0.2) is 65.2 Å². The van der Waals surface area contributed by atoms with E-state index in [0.717, 1.165) is 29.9 Å². The molecule has 1 saturated heterocycles. The highest BCUT2D eigenvalue weighted by molar-refractivity contribution is 5.97. The van der Waals surface area contributed by atoms with E-state index in [0.29, 0.717) is 30.7 Å². The molecule has 0 spiro atoms. The normalized spacial score (nSPS) is 13.7. The van der Waals surface area contributed by atoms with Gasteiger partial charge >= 0.3 is 0 Å². The zero-order valence-corrected chi connectivity index (χ0v) is 15.4. The van der Waals surface area contributed by atoms with Crippen LogP contribution in [0.25, 0.3) is 11.3 Å². The minimum absolute atomic E-state index is 0.139. The predicted octanol–water partition coefficient (Wildman–Crippen LogP) is 3.44. The predicted molar refractivity (Wildman–Crippen MR) is 106 cm³/mol. The maximum Gasteiger partial charge on any atom is 0.251 e. The maximum atomic E-state index is 12.3. The van der Waals surface area contributed by atoms with Crippen molar-refractivity contribution < 1.29 is 14.1 Å². The first-order valence-electron chi connectivity index (χ1n) is 9.40. The van der Waals surface area contributed by atoms with Gasteiger partial charge in [0, 0.05) is 48.8 Å². The summed E-state index contributed by atoms with van der Waals surface area (Å²) in [4.78, 5) is 25.9. The van der Waals surface area contributed by atoms with E-state index >= 15 is 0 Å². The van der Waals surface area contributed by atoms with Crippen molar-refractivity contribution in [2.75, 3.05) is 18.0 Å². The fraction of sp³-hybridized carbons (Fsp3) is 0.227. The second-order valence-corrected chi connectivity index (χ2v) is 6.75. The molecule has 28 heavy (non-hydrogen) atoms. The van der Waals surface area contributed by atoms with Gasteiger partial charge in [-0.2, -0.15) is 0 Å². The average Bonchev–Trinajstić information content (AvgIpc) is 3.38. The number of carbonyl (C=O) groups is 2. The van der Waals surface area contributed by atoms with Crippen molar-refractivity contribution in [1.82, 2.24) is 10.5 Å². The molecule has 3 aromatic rings. The van der Waals surface area contributed by atoms with Crippen molar-refractivity contribution >= 4 is 17.5 Å². The number of carbonyl (C=O) groups excluding carboxylic acids is 2. The zero-order valence-electron chi connectivity index (χ0n) is 15.4. The van der Waals surface area contributed by atoms with Gasteiger partial charge in [0.1, 0.15) is 0 Å². The van der Waals surface area contributed by atoms with Gasteiger partial charge in [-0.25, -0.2) is 0 Å². The number of benzene rings is 2. The Hall–Kier alpha value is -3.41. The Morgan fingerprint density at radius 2 is 1.89 bits per heavy atom. The zero-order chi connectivity index (χ0) is 19.3.